The summed E-state index contributed by atoms with van der Waals surface area (Å²) in [6, 6.07) is 16.1. The molecule has 1 fully saturated rings. The van der Waals surface area contributed by atoms with E-state index in [1.54, 1.807) is 32.9 Å². The highest BCUT2D eigenvalue weighted by Crippen LogP contribution is 2.41. The third-order valence-electron chi connectivity index (χ3n) is 6.11. The van der Waals surface area contributed by atoms with E-state index in [0.29, 0.717) is 23.2 Å². The van der Waals surface area contributed by atoms with E-state index in [1.165, 1.54) is 11.8 Å². The molecule has 35 heavy (non-hydrogen) atoms. The van der Waals surface area contributed by atoms with Crippen LogP contribution in [0.5, 0.6) is 5.75 Å². The van der Waals surface area contributed by atoms with Crippen molar-refractivity contribution in [3.63, 3.8) is 0 Å². The molecule has 186 valence electrons. The zero-order chi connectivity index (χ0) is 24.8. The molecule has 1 amide bonds. The van der Waals surface area contributed by atoms with Gasteiger partial charge in [0.15, 0.2) is 11.5 Å². The van der Waals surface area contributed by atoms with Gasteiger partial charge in [0.05, 0.1) is 0 Å². The fourth-order valence-corrected chi connectivity index (χ4v) is 4.35. The molecule has 1 aromatic heterocycles. The van der Waals surface area contributed by atoms with Crippen LogP contribution in [0.4, 0.5) is 9.18 Å². The normalized spacial score (nSPS) is 18.9. The number of nitrogens with one attached hydrogen (secondary N) is 1. The van der Waals surface area contributed by atoms with Crippen LogP contribution in [0.2, 0.25) is 0 Å². The number of ether oxygens (including phenoxy) is 2. The van der Waals surface area contributed by atoms with Crippen LogP contribution in [0, 0.1) is 0 Å². The Balaban J connectivity index is 1.34. The summed E-state index contributed by atoms with van der Waals surface area (Å²) in [6.45, 7) is 4.52. The minimum Gasteiger partial charge on any atom is -0.489 e. The van der Waals surface area contributed by atoms with E-state index in [1.807, 2.05) is 6.07 Å². The van der Waals surface area contributed by atoms with Crippen molar-refractivity contribution in [3.8, 4) is 5.75 Å². The number of carbonyl (C=O) groups excluding carboxylic acids is 1. The lowest BCUT2D eigenvalue weighted by molar-refractivity contribution is 0.0551. The van der Waals surface area contributed by atoms with Gasteiger partial charge in [-0.05, 0) is 70.1 Å². The second-order valence-electron chi connectivity index (χ2n) is 10.0. The average Bonchev–Trinajstić information content (AvgIpc) is 3.27. The Kier molecular flexibility index (Phi) is 7.73. The summed E-state index contributed by atoms with van der Waals surface area (Å²) in [7, 11) is 0. The number of rotatable bonds is 7. The van der Waals surface area contributed by atoms with Gasteiger partial charge in [0.1, 0.15) is 30.1 Å². The second-order valence-corrected chi connectivity index (χ2v) is 10.0. The number of amides is 1. The van der Waals surface area contributed by atoms with Crippen LogP contribution in [-0.2, 0) is 4.74 Å². The van der Waals surface area contributed by atoms with Gasteiger partial charge < -0.3 is 13.9 Å². The molecule has 7 heteroatoms. The van der Waals surface area contributed by atoms with E-state index in [9.17, 15) is 9.18 Å². The maximum absolute atomic E-state index is 13.4. The molecule has 4 rings (SSSR count). The van der Waals surface area contributed by atoms with Crippen LogP contribution in [0.3, 0.4) is 0 Å². The van der Waals surface area contributed by atoms with Crippen molar-refractivity contribution in [1.82, 2.24) is 10.3 Å². The quantitative estimate of drug-likeness (QED) is 0.393. The van der Waals surface area contributed by atoms with Crippen molar-refractivity contribution in [2.24, 2.45) is 0 Å². The molecule has 0 atom stereocenters. The Morgan fingerprint density at radius 2 is 1.83 bits per heavy atom. The SMILES string of the molecule is CC(C)(C)OC(=O)N/C=C(\CF)COc1ccc2nc(C3CCC(c4ccccc4)CC3)oc2c1. The zero-order valence-electron chi connectivity index (χ0n) is 20.6. The van der Waals surface area contributed by atoms with Crippen molar-refractivity contribution in [3.05, 3.63) is 71.8 Å². The summed E-state index contributed by atoms with van der Waals surface area (Å²) in [5, 5.41) is 2.44. The topological polar surface area (TPSA) is 73.6 Å². The molecule has 0 aliphatic heterocycles. The summed E-state index contributed by atoms with van der Waals surface area (Å²) < 4.78 is 30.3. The molecule has 0 saturated heterocycles. The number of alkyl halides is 1. The molecule has 6 nitrogen and oxygen atoms in total. The van der Waals surface area contributed by atoms with Gasteiger partial charge in [-0.15, -0.1) is 0 Å². The monoisotopic (exact) mass is 480 g/mol. The molecule has 2 aromatic carbocycles. The van der Waals surface area contributed by atoms with Gasteiger partial charge in [-0.25, -0.2) is 14.2 Å². The highest BCUT2D eigenvalue weighted by atomic mass is 19.1. The number of benzene rings is 2. The smallest absolute Gasteiger partial charge is 0.411 e. The van der Waals surface area contributed by atoms with Crippen molar-refractivity contribution in [2.45, 2.75) is 63.9 Å². The van der Waals surface area contributed by atoms with Gasteiger partial charge in [0.2, 0.25) is 0 Å². The molecular formula is C28H33FN2O4. The first-order valence-corrected chi connectivity index (χ1v) is 12.1. The highest BCUT2D eigenvalue weighted by Gasteiger charge is 2.26. The lowest BCUT2D eigenvalue weighted by Gasteiger charge is -2.27. The Morgan fingerprint density at radius 1 is 1.11 bits per heavy atom. The molecule has 1 aliphatic carbocycles. The van der Waals surface area contributed by atoms with Crippen LogP contribution in [0.25, 0.3) is 11.1 Å². The number of hydrogen-bond donors (Lipinski definition) is 1. The number of halogens is 1. The number of nitrogens with zero attached hydrogens (tertiary/aromatic N) is 1. The number of carbonyl (C=O) groups is 1. The minimum absolute atomic E-state index is 0.0116. The molecule has 1 saturated carbocycles. The number of aromatic nitrogens is 1. The molecule has 1 aliphatic rings. The molecule has 0 unspecified atom stereocenters. The molecule has 1 heterocycles. The summed E-state index contributed by atoms with van der Waals surface area (Å²) in [5.41, 5.74) is 2.50. The second kappa shape index (κ2) is 10.9. The number of oxazole rings is 1. The predicted octanol–water partition coefficient (Wildman–Crippen LogP) is 7.03. The Morgan fingerprint density at radius 3 is 2.51 bits per heavy atom. The third kappa shape index (κ3) is 6.84. The lowest BCUT2D eigenvalue weighted by Crippen LogP contribution is -2.30. The summed E-state index contributed by atoms with van der Waals surface area (Å²) in [5.74, 6) is 2.23. The van der Waals surface area contributed by atoms with Gasteiger partial charge in [0.25, 0.3) is 0 Å². The standard InChI is InChI=1S/C28H33FN2O4/c1-28(2,3)35-27(32)30-17-19(16-29)18-33-23-13-14-24-25(15-23)34-26(31-24)22-11-9-21(10-12-22)20-7-5-4-6-8-20/h4-8,13-15,17,21-22H,9-12,16,18H2,1-3H3,(H,30,32)/b19-17+. The molecule has 1 N–H and O–H groups in total. The first kappa shape index (κ1) is 24.8. The van der Waals surface area contributed by atoms with E-state index >= 15 is 0 Å². The van der Waals surface area contributed by atoms with Crippen LogP contribution in [0.1, 0.15) is 69.7 Å². The van der Waals surface area contributed by atoms with Gasteiger partial charge in [0, 0.05) is 23.8 Å². The van der Waals surface area contributed by atoms with Crippen molar-refractivity contribution in [2.75, 3.05) is 13.3 Å². The Labute approximate surface area is 205 Å². The molecule has 0 bridgehead atoms. The van der Waals surface area contributed by atoms with Gasteiger partial charge in [-0.3, -0.25) is 5.32 Å². The van der Waals surface area contributed by atoms with Gasteiger partial charge in [-0.2, -0.15) is 0 Å². The van der Waals surface area contributed by atoms with E-state index in [4.69, 9.17) is 18.9 Å². The van der Waals surface area contributed by atoms with Crippen molar-refractivity contribution in [1.29, 1.82) is 0 Å². The summed E-state index contributed by atoms with van der Waals surface area (Å²) in [6.07, 6.45) is 4.98. The molecule has 3 aromatic rings. The molecular weight excluding hydrogens is 447 g/mol. The Hall–Kier alpha value is -3.35. The fraction of sp³-hybridized carbons (Fsp3) is 0.429. The van der Waals surface area contributed by atoms with Crippen molar-refractivity contribution < 1.29 is 23.1 Å². The highest BCUT2D eigenvalue weighted by molar-refractivity contribution is 5.74. The number of fused-ring (bicyclic) bond motifs is 1. The van der Waals surface area contributed by atoms with E-state index in [0.717, 1.165) is 37.1 Å². The first-order chi connectivity index (χ1) is 16.8. The number of alkyl carbamates (subject to hydrolysis) is 1. The average molecular weight is 481 g/mol. The van der Waals surface area contributed by atoms with Crippen LogP contribution in [0.15, 0.2) is 64.7 Å². The van der Waals surface area contributed by atoms with Crippen LogP contribution >= 0.6 is 0 Å². The van der Waals surface area contributed by atoms with E-state index < -0.39 is 18.4 Å². The number of hydrogen-bond acceptors (Lipinski definition) is 5. The summed E-state index contributed by atoms with van der Waals surface area (Å²) >= 11 is 0. The Bertz CT molecular complexity index is 1160. The molecule has 0 spiro atoms. The fourth-order valence-electron chi connectivity index (χ4n) is 4.35. The van der Waals surface area contributed by atoms with Crippen LogP contribution in [-0.4, -0.2) is 30.0 Å². The molecule has 0 radical (unpaired) electrons. The largest absolute Gasteiger partial charge is 0.489 e. The maximum Gasteiger partial charge on any atom is 0.411 e. The van der Waals surface area contributed by atoms with Gasteiger partial charge in [-0.1, -0.05) is 30.3 Å². The van der Waals surface area contributed by atoms with Gasteiger partial charge >= 0.3 is 6.09 Å². The predicted molar refractivity (Wildman–Crippen MR) is 133 cm³/mol. The van der Waals surface area contributed by atoms with E-state index in [2.05, 4.69) is 35.6 Å². The lowest BCUT2D eigenvalue weighted by atomic mass is 9.79. The minimum atomic E-state index is -0.754. The third-order valence-corrected chi connectivity index (χ3v) is 6.11. The maximum atomic E-state index is 13.4. The zero-order valence-corrected chi connectivity index (χ0v) is 20.6. The first-order valence-electron chi connectivity index (χ1n) is 12.1. The summed E-state index contributed by atoms with van der Waals surface area (Å²) in [4.78, 5) is 16.5. The van der Waals surface area contributed by atoms with Crippen LogP contribution < -0.4 is 10.1 Å². The van der Waals surface area contributed by atoms with Crippen molar-refractivity contribution >= 4 is 17.2 Å². The van der Waals surface area contributed by atoms with E-state index in [-0.39, 0.29) is 12.2 Å².